The topological polar surface area (TPSA) is 206 Å². The van der Waals surface area contributed by atoms with Crippen LogP contribution in [0.25, 0.3) is 21.8 Å². The molecule has 0 spiro atoms. The first-order valence-corrected chi connectivity index (χ1v) is 21.2. The molecule has 0 atom stereocenters. The van der Waals surface area contributed by atoms with Crippen LogP contribution in [0.5, 0.6) is 0 Å². The number of pyridine rings is 2. The van der Waals surface area contributed by atoms with Crippen LogP contribution in [0.4, 0.5) is 17.1 Å². The Bertz CT molecular complexity index is 2790. The number of nitrogens with zero attached hydrogens (tertiary/aromatic N) is 2. The summed E-state index contributed by atoms with van der Waals surface area (Å²) in [5.74, 6) is -0.627. The second kappa shape index (κ2) is 18.8. The quantitative estimate of drug-likeness (QED) is 0.0868. The maximum absolute atomic E-state index is 12.9. The Labute approximate surface area is 343 Å². The van der Waals surface area contributed by atoms with Crippen LogP contribution < -0.4 is 25.5 Å². The van der Waals surface area contributed by atoms with Gasteiger partial charge in [0.05, 0.1) is 15.4 Å². The molecule has 59 heavy (non-hydrogen) atoms. The van der Waals surface area contributed by atoms with Gasteiger partial charge in [0.25, 0.3) is 11.8 Å². The third-order valence-corrected chi connectivity index (χ3v) is 10.8. The Hall–Kier alpha value is -6.52. The van der Waals surface area contributed by atoms with Crippen LogP contribution in [-0.4, -0.2) is 37.8 Å². The fraction of sp³-hybridized carbons (Fsp3) is 0.136. The first-order chi connectivity index (χ1) is 28.0. The van der Waals surface area contributed by atoms with Gasteiger partial charge >= 0.3 is 0 Å². The number of hydrogen-bond donors (Lipinski definition) is 3. The lowest BCUT2D eigenvalue weighted by atomic mass is 10.1. The monoisotopic (exact) mass is 833 g/mol. The number of anilines is 3. The van der Waals surface area contributed by atoms with E-state index in [1.807, 2.05) is 86.9 Å². The molecule has 4 N–H and O–H groups in total. The third kappa shape index (κ3) is 11.5. The number of carbonyl (C=O) groups is 2. The molecule has 0 saturated carbocycles. The lowest BCUT2D eigenvalue weighted by molar-refractivity contribution is -0.668. The van der Waals surface area contributed by atoms with Gasteiger partial charge in [-0.25, -0.2) is 16.8 Å². The molecule has 0 aliphatic rings. The average molecular weight is 834 g/mol. The molecule has 304 valence electrons. The summed E-state index contributed by atoms with van der Waals surface area (Å²) < 4.78 is 66.6. The number of nitrogens with two attached hydrogens (primary N) is 1. The van der Waals surface area contributed by atoms with Gasteiger partial charge in [0.1, 0.15) is 33.3 Å². The Morgan fingerprint density at radius 3 is 1.39 bits per heavy atom. The number of nitrogen functional groups attached to an aromatic ring is 1. The molecule has 2 aromatic heterocycles. The SMILES string of the molecule is CC[n+]1cccc2cc(NC(=O)c3ccc(C(=O)Nc4ccc5c(ccc[n+]5CC)c4)c(N)c3)ccc21.Cc1ccc(S(=O)(=O)[O-])cc1.Cc1ccc(S(=O)(=O)[O-])cc1. The van der Waals surface area contributed by atoms with Crippen LogP contribution in [0.2, 0.25) is 0 Å². The van der Waals surface area contributed by atoms with Crippen molar-refractivity contribution in [1.29, 1.82) is 0 Å². The van der Waals surface area contributed by atoms with Crippen molar-refractivity contribution < 1.29 is 44.7 Å². The zero-order chi connectivity index (χ0) is 42.9. The van der Waals surface area contributed by atoms with Crippen LogP contribution in [0, 0.1) is 13.8 Å². The van der Waals surface area contributed by atoms with Gasteiger partial charge in [-0.2, -0.15) is 9.13 Å². The van der Waals surface area contributed by atoms with Gasteiger partial charge in [-0.1, -0.05) is 35.4 Å². The van der Waals surface area contributed by atoms with Crippen molar-refractivity contribution in [3.05, 3.63) is 162 Å². The van der Waals surface area contributed by atoms with Crippen molar-refractivity contribution in [1.82, 2.24) is 0 Å². The standard InChI is InChI=1S/C30H27N5O2.2C7H8O3S/c1-3-34-15-5-7-20-17-23(10-13-27(20)34)32-29(36)22-9-12-25(26(31)19-22)30(37)33-24-11-14-28-21(18-24)8-6-16-35(28)4-2;2*1-6-2-4-7(5-3-6)11(8,9)10/h5-19H,3-4H2,1-2H3,(H2-2,31,32,33,36,37);2*2-5H,1H3,(H,8,9,10). The van der Waals surface area contributed by atoms with Gasteiger partial charge in [-0.05, 0) is 107 Å². The highest BCUT2D eigenvalue weighted by Crippen LogP contribution is 2.22. The van der Waals surface area contributed by atoms with Crippen LogP contribution in [0.15, 0.2) is 150 Å². The smallest absolute Gasteiger partial charge is 0.257 e. The molecule has 2 heterocycles. The van der Waals surface area contributed by atoms with Crippen LogP contribution in [-0.2, 0) is 33.3 Å². The van der Waals surface area contributed by atoms with E-state index in [4.69, 9.17) is 5.73 Å². The molecule has 0 bridgehead atoms. The number of rotatable bonds is 8. The molecular weight excluding hydrogens is 791 g/mol. The van der Waals surface area contributed by atoms with E-state index in [0.717, 1.165) is 46.0 Å². The summed E-state index contributed by atoms with van der Waals surface area (Å²) in [7, 11) is -8.54. The van der Waals surface area contributed by atoms with Crippen LogP contribution >= 0.6 is 0 Å². The molecule has 0 aliphatic carbocycles. The predicted octanol–water partition coefficient (Wildman–Crippen LogP) is 6.49. The molecule has 0 radical (unpaired) electrons. The molecular formula is C44H43N5O8S2. The number of aryl methyl sites for hydroxylation is 4. The summed E-state index contributed by atoms with van der Waals surface area (Å²) >= 11 is 0. The molecule has 13 nitrogen and oxygen atoms in total. The minimum atomic E-state index is -4.27. The molecule has 5 aromatic carbocycles. The van der Waals surface area contributed by atoms with Crippen molar-refractivity contribution >= 4 is 70.9 Å². The number of aromatic nitrogens is 2. The zero-order valence-electron chi connectivity index (χ0n) is 32.7. The molecule has 0 fully saturated rings. The van der Waals surface area contributed by atoms with E-state index >= 15 is 0 Å². The van der Waals surface area contributed by atoms with Gasteiger partial charge in [0.15, 0.2) is 12.4 Å². The van der Waals surface area contributed by atoms with Crippen molar-refractivity contribution in [3.63, 3.8) is 0 Å². The van der Waals surface area contributed by atoms with Gasteiger partial charge < -0.3 is 25.5 Å². The van der Waals surface area contributed by atoms with Crippen molar-refractivity contribution in [3.8, 4) is 0 Å². The maximum Gasteiger partial charge on any atom is 0.257 e. The number of amides is 2. The summed E-state index contributed by atoms with van der Waals surface area (Å²) in [6.07, 6.45) is 4.06. The Balaban J connectivity index is 0.000000244. The highest BCUT2D eigenvalue weighted by atomic mass is 32.2. The van der Waals surface area contributed by atoms with E-state index in [2.05, 4.69) is 33.6 Å². The number of hydrogen-bond acceptors (Lipinski definition) is 9. The lowest BCUT2D eigenvalue weighted by Gasteiger charge is -2.11. The van der Waals surface area contributed by atoms with E-state index < -0.39 is 20.2 Å². The fourth-order valence-electron chi connectivity index (χ4n) is 5.99. The predicted molar refractivity (Wildman–Crippen MR) is 225 cm³/mol. The Morgan fingerprint density at radius 1 is 0.576 bits per heavy atom. The highest BCUT2D eigenvalue weighted by molar-refractivity contribution is 7.86. The Kier molecular flexibility index (Phi) is 13.9. The Morgan fingerprint density at radius 2 is 1.00 bits per heavy atom. The lowest BCUT2D eigenvalue weighted by Crippen LogP contribution is -2.32. The largest absolute Gasteiger partial charge is 0.744 e. The minimum absolute atomic E-state index is 0.178. The maximum atomic E-state index is 12.9. The number of benzene rings is 5. The molecule has 0 aliphatic heterocycles. The normalized spacial score (nSPS) is 11.2. The summed E-state index contributed by atoms with van der Waals surface area (Å²) in [6.45, 7) is 9.54. The van der Waals surface area contributed by atoms with E-state index in [-0.39, 0.29) is 27.3 Å². The number of fused-ring (bicyclic) bond motifs is 2. The second-order valence-electron chi connectivity index (χ2n) is 13.4. The summed E-state index contributed by atoms with van der Waals surface area (Å²) in [6, 6.07) is 35.9. The van der Waals surface area contributed by atoms with Gasteiger partial charge in [-0.15, -0.1) is 0 Å². The van der Waals surface area contributed by atoms with Gasteiger partial charge in [-0.3, -0.25) is 9.59 Å². The van der Waals surface area contributed by atoms with Crippen LogP contribution in [0.1, 0.15) is 45.7 Å². The van der Waals surface area contributed by atoms with E-state index in [1.54, 1.807) is 36.4 Å². The molecule has 15 heteroatoms. The molecule has 7 aromatic rings. The molecule has 2 amide bonds. The zero-order valence-corrected chi connectivity index (χ0v) is 34.4. The summed E-state index contributed by atoms with van der Waals surface area (Å²) in [5, 5.41) is 7.90. The molecule has 0 saturated heterocycles. The third-order valence-electron chi connectivity index (χ3n) is 9.13. The van der Waals surface area contributed by atoms with E-state index in [0.29, 0.717) is 22.5 Å². The van der Waals surface area contributed by atoms with Gasteiger partial charge in [0, 0.05) is 57.7 Å². The van der Waals surface area contributed by atoms with Crippen molar-refractivity contribution in [2.45, 2.75) is 50.6 Å². The average Bonchev–Trinajstić information content (AvgIpc) is 3.20. The second-order valence-corrected chi connectivity index (χ2v) is 16.1. The van der Waals surface area contributed by atoms with Crippen LogP contribution in [0.3, 0.4) is 0 Å². The number of nitrogens with one attached hydrogen (secondary N) is 2. The fourth-order valence-corrected chi connectivity index (χ4v) is 6.93. The van der Waals surface area contributed by atoms with E-state index in [1.165, 1.54) is 30.3 Å². The van der Waals surface area contributed by atoms with Crippen molar-refractivity contribution in [2.24, 2.45) is 0 Å². The van der Waals surface area contributed by atoms with Crippen molar-refractivity contribution in [2.75, 3.05) is 16.4 Å². The summed E-state index contributed by atoms with van der Waals surface area (Å²) in [5.41, 5.74) is 12.5. The minimum Gasteiger partial charge on any atom is -0.744 e. The molecule has 0 unspecified atom stereocenters. The highest BCUT2D eigenvalue weighted by Gasteiger charge is 2.16. The first-order valence-electron chi connectivity index (χ1n) is 18.4. The summed E-state index contributed by atoms with van der Waals surface area (Å²) in [4.78, 5) is 25.5. The number of carbonyl (C=O) groups excluding carboxylic acids is 2. The van der Waals surface area contributed by atoms with E-state index in [9.17, 15) is 35.5 Å². The first kappa shape index (κ1) is 43.6. The molecule has 7 rings (SSSR count). The van der Waals surface area contributed by atoms with Gasteiger partial charge in [0.2, 0.25) is 11.0 Å².